The Morgan fingerprint density at radius 3 is 2.48 bits per heavy atom. The average Bonchev–Trinajstić information content (AvgIpc) is 2.69. The highest BCUT2D eigenvalue weighted by molar-refractivity contribution is 6.31. The Bertz CT molecular complexity index is 996. The van der Waals surface area contributed by atoms with Crippen LogP contribution in [-0.4, -0.2) is 18.0 Å². The van der Waals surface area contributed by atoms with Crippen LogP contribution >= 0.6 is 11.6 Å². The second kappa shape index (κ2) is 8.21. The Labute approximate surface area is 161 Å². The maximum Gasteiger partial charge on any atom is 0.274 e. The normalized spacial score (nSPS) is 9.96. The second-order valence-electron chi connectivity index (χ2n) is 5.54. The number of rotatable bonds is 5. The number of ether oxygens (including phenoxy) is 1. The third kappa shape index (κ3) is 4.54. The molecule has 2 N–H and O–H groups in total. The summed E-state index contributed by atoms with van der Waals surface area (Å²) in [7, 11) is 1.51. The number of methoxy groups -OCH3 is 1. The lowest BCUT2D eigenvalue weighted by atomic mass is 10.2. The van der Waals surface area contributed by atoms with E-state index in [0.29, 0.717) is 22.0 Å². The van der Waals surface area contributed by atoms with Gasteiger partial charge in [0.25, 0.3) is 5.91 Å². The van der Waals surface area contributed by atoms with E-state index >= 15 is 0 Å². The lowest BCUT2D eigenvalue weighted by Gasteiger charge is -2.11. The number of nitrogens with zero attached hydrogens (tertiary/aromatic N) is 2. The minimum atomic E-state index is -0.375. The predicted octanol–water partition coefficient (Wildman–Crippen LogP) is 4.61. The van der Waals surface area contributed by atoms with Crippen molar-refractivity contribution in [2.75, 3.05) is 17.7 Å². The Balaban J connectivity index is 1.70. The molecule has 0 fully saturated rings. The van der Waals surface area contributed by atoms with Gasteiger partial charge in [-0.3, -0.25) is 4.79 Å². The summed E-state index contributed by atoms with van der Waals surface area (Å²) >= 11 is 5.97. The molecule has 134 valence electrons. The number of amides is 1. The molecule has 0 aliphatic heterocycles. The predicted molar refractivity (Wildman–Crippen MR) is 105 cm³/mol. The van der Waals surface area contributed by atoms with Gasteiger partial charge in [-0.25, -0.2) is 4.98 Å². The summed E-state index contributed by atoms with van der Waals surface area (Å²) in [5, 5.41) is 15.2. The molecule has 0 unspecified atom stereocenters. The van der Waals surface area contributed by atoms with E-state index in [1.807, 2.05) is 0 Å². The molecule has 0 spiro atoms. The summed E-state index contributed by atoms with van der Waals surface area (Å²) in [5.74, 6) is 0.132. The van der Waals surface area contributed by atoms with Crippen LogP contribution < -0.4 is 15.4 Å². The smallest absolute Gasteiger partial charge is 0.274 e. The minimum absolute atomic E-state index is 0.252. The molecule has 0 saturated carbocycles. The highest BCUT2D eigenvalue weighted by Crippen LogP contribution is 2.28. The van der Waals surface area contributed by atoms with Gasteiger partial charge in [-0.2, -0.15) is 5.26 Å². The van der Waals surface area contributed by atoms with Gasteiger partial charge in [0.1, 0.15) is 11.4 Å². The molecule has 1 amide bonds. The van der Waals surface area contributed by atoms with Gasteiger partial charge >= 0.3 is 0 Å². The van der Waals surface area contributed by atoms with E-state index < -0.39 is 0 Å². The van der Waals surface area contributed by atoms with Crippen LogP contribution in [0.4, 0.5) is 17.1 Å². The first-order valence-corrected chi connectivity index (χ1v) is 8.35. The van der Waals surface area contributed by atoms with Gasteiger partial charge in [-0.15, -0.1) is 0 Å². The van der Waals surface area contributed by atoms with E-state index in [-0.39, 0.29) is 11.6 Å². The molecule has 0 radical (unpaired) electrons. The van der Waals surface area contributed by atoms with E-state index in [1.54, 1.807) is 60.8 Å². The van der Waals surface area contributed by atoms with E-state index in [9.17, 15) is 4.79 Å². The van der Waals surface area contributed by atoms with Crippen molar-refractivity contribution in [3.8, 4) is 11.8 Å². The van der Waals surface area contributed by atoms with Crippen LogP contribution in [-0.2, 0) is 0 Å². The summed E-state index contributed by atoms with van der Waals surface area (Å²) in [6.07, 6.45) is 1.56. The van der Waals surface area contributed by atoms with Crippen LogP contribution in [0.1, 0.15) is 16.1 Å². The number of aromatic nitrogens is 1. The van der Waals surface area contributed by atoms with Gasteiger partial charge in [0.2, 0.25) is 0 Å². The largest absolute Gasteiger partial charge is 0.495 e. The summed E-state index contributed by atoms with van der Waals surface area (Å²) in [5.41, 5.74) is 2.84. The molecule has 2 aromatic carbocycles. The Kier molecular flexibility index (Phi) is 5.55. The number of halogens is 1. The van der Waals surface area contributed by atoms with Crippen molar-refractivity contribution in [1.82, 2.24) is 4.98 Å². The number of nitrogens with one attached hydrogen (secondary N) is 2. The lowest BCUT2D eigenvalue weighted by Crippen LogP contribution is -2.14. The zero-order chi connectivity index (χ0) is 19.2. The number of anilines is 3. The zero-order valence-corrected chi connectivity index (χ0v) is 15.1. The van der Waals surface area contributed by atoms with Crippen LogP contribution in [0.5, 0.6) is 5.75 Å². The Morgan fingerprint density at radius 1 is 1.11 bits per heavy atom. The first-order valence-electron chi connectivity index (χ1n) is 7.97. The summed E-state index contributed by atoms with van der Waals surface area (Å²) in [4.78, 5) is 16.6. The monoisotopic (exact) mass is 378 g/mol. The van der Waals surface area contributed by atoms with Crippen LogP contribution in [0.3, 0.4) is 0 Å². The molecule has 27 heavy (non-hydrogen) atoms. The molecular formula is C20H15ClN4O2. The number of carbonyl (C=O) groups excluding carboxylic acids is 1. The highest BCUT2D eigenvalue weighted by Gasteiger charge is 2.11. The zero-order valence-electron chi connectivity index (χ0n) is 14.4. The van der Waals surface area contributed by atoms with Crippen molar-refractivity contribution in [2.24, 2.45) is 0 Å². The first kappa shape index (κ1) is 18.2. The summed E-state index contributed by atoms with van der Waals surface area (Å²) < 4.78 is 5.22. The number of hydrogen-bond donors (Lipinski definition) is 2. The van der Waals surface area contributed by atoms with E-state index in [4.69, 9.17) is 21.6 Å². The standard InChI is InChI=1S/C20H15ClN4O2/c1-27-19-9-4-14(21)10-18(19)25-20(26)17-8-7-16(12-23-17)24-15-5-2-13(11-22)3-6-15/h2-10,12,24H,1H3,(H,25,26). The first-order chi connectivity index (χ1) is 13.1. The molecule has 0 aliphatic rings. The van der Waals surface area contributed by atoms with Crippen LogP contribution in [0, 0.1) is 11.3 Å². The fraction of sp³-hybridized carbons (Fsp3) is 0.0500. The molecule has 1 heterocycles. The number of benzene rings is 2. The van der Waals surface area contributed by atoms with E-state index in [1.165, 1.54) is 7.11 Å². The van der Waals surface area contributed by atoms with Gasteiger partial charge in [-0.1, -0.05) is 11.6 Å². The number of carbonyl (C=O) groups is 1. The van der Waals surface area contributed by atoms with Crippen molar-refractivity contribution in [2.45, 2.75) is 0 Å². The van der Waals surface area contributed by atoms with Crippen molar-refractivity contribution < 1.29 is 9.53 Å². The van der Waals surface area contributed by atoms with Gasteiger partial charge < -0.3 is 15.4 Å². The molecule has 3 rings (SSSR count). The topological polar surface area (TPSA) is 87.0 Å². The van der Waals surface area contributed by atoms with Gasteiger partial charge in [-0.05, 0) is 54.6 Å². The Morgan fingerprint density at radius 2 is 1.85 bits per heavy atom. The Hall–Kier alpha value is -3.56. The third-order valence-corrected chi connectivity index (χ3v) is 3.94. The molecule has 0 bridgehead atoms. The molecule has 1 aromatic heterocycles. The number of pyridine rings is 1. The SMILES string of the molecule is COc1ccc(Cl)cc1NC(=O)c1ccc(Nc2ccc(C#N)cc2)cn1. The molecule has 0 atom stereocenters. The quantitative estimate of drug-likeness (QED) is 0.676. The van der Waals surface area contributed by atoms with Gasteiger partial charge in [0.15, 0.2) is 0 Å². The van der Waals surface area contributed by atoms with Crippen molar-refractivity contribution in [3.63, 3.8) is 0 Å². The minimum Gasteiger partial charge on any atom is -0.495 e. The molecule has 7 heteroatoms. The molecule has 0 saturated heterocycles. The summed E-state index contributed by atoms with van der Waals surface area (Å²) in [6, 6.07) is 17.4. The number of nitriles is 1. The van der Waals surface area contributed by atoms with Crippen LogP contribution in [0.2, 0.25) is 5.02 Å². The molecular weight excluding hydrogens is 364 g/mol. The molecule has 3 aromatic rings. The number of hydrogen-bond acceptors (Lipinski definition) is 5. The van der Waals surface area contributed by atoms with Gasteiger partial charge in [0.05, 0.1) is 36.3 Å². The fourth-order valence-corrected chi connectivity index (χ4v) is 2.53. The maximum atomic E-state index is 12.4. The third-order valence-electron chi connectivity index (χ3n) is 3.71. The van der Waals surface area contributed by atoms with Gasteiger partial charge in [0, 0.05) is 10.7 Å². The second-order valence-corrected chi connectivity index (χ2v) is 5.98. The molecule has 6 nitrogen and oxygen atoms in total. The van der Waals surface area contributed by atoms with Crippen LogP contribution in [0.25, 0.3) is 0 Å². The maximum absolute atomic E-state index is 12.4. The average molecular weight is 379 g/mol. The van der Waals surface area contributed by atoms with Crippen molar-refractivity contribution in [1.29, 1.82) is 5.26 Å². The lowest BCUT2D eigenvalue weighted by molar-refractivity contribution is 0.102. The highest BCUT2D eigenvalue weighted by atomic mass is 35.5. The fourth-order valence-electron chi connectivity index (χ4n) is 2.36. The van der Waals surface area contributed by atoms with E-state index in [2.05, 4.69) is 21.7 Å². The van der Waals surface area contributed by atoms with E-state index in [0.717, 1.165) is 11.4 Å². The van der Waals surface area contributed by atoms with Crippen LogP contribution in [0.15, 0.2) is 60.8 Å². The van der Waals surface area contributed by atoms with Crippen molar-refractivity contribution >= 4 is 34.6 Å². The van der Waals surface area contributed by atoms with Crippen molar-refractivity contribution in [3.05, 3.63) is 77.1 Å². The summed E-state index contributed by atoms with van der Waals surface area (Å²) in [6.45, 7) is 0. The molecule has 0 aliphatic carbocycles.